The predicted molar refractivity (Wildman–Crippen MR) is 137 cm³/mol. The first-order valence-corrected chi connectivity index (χ1v) is 12.3. The summed E-state index contributed by atoms with van der Waals surface area (Å²) in [5.41, 5.74) is 5.81. The highest BCUT2D eigenvalue weighted by molar-refractivity contribution is 5.96. The highest BCUT2D eigenvalue weighted by atomic mass is 19.1. The third-order valence-electron chi connectivity index (χ3n) is 6.94. The normalized spacial score (nSPS) is 14.6. The van der Waals surface area contributed by atoms with Crippen LogP contribution in [0, 0.1) is 5.82 Å². The summed E-state index contributed by atoms with van der Waals surface area (Å²) in [4.78, 5) is 23.5. The number of likely N-dealkylation sites (tertiary alicyclic amines) is 1. The number of imidazole rings is 1. The number of rotatable bonds is 5. The summed E-state index contributed by atoms with van der Waals surface area (Å²) in [5, 5.41) is 7.42. The molecule has 0 bridgehead atoms. The fourth-order valence-corrected chi connectivity index (χ4v) is 5.11. The molecule has 0 atom stereocenters. The molecule has 6 aromatic rings. The summed E-state index contributed by atoms with van der Waals surface area (Å²) in [6, 6.07) is 5.74. The van der Waals surface area contributed by atoms with Crippen LogP contribution in [0.3, 0.4) is 0 Å². The van der Waals surface area contributed by atoms with E-state index in [1.807, 2.05) is 24.4 Å². The van der Waals surface area contributed by atoms with E-state index >= 15 is 4.39 Å². The second-order valence-electron chi connectivity index (χ2n) is 9.36. The van der Waals surface area contributed by atoms with Crippen molar-refractivity contribution in [3.63, 3.8) is 0 Å². The molecule has 2 N–H and O–H groups in total. The van der Waals surface area contributed by atoms with Gasteiger partial charge in [0.2, 0.25) is 0 Å². The summed E-state index contributed by atoms with van der Waals surface area (Å²) >= 11 is 0. The van der Waals surface area contributed by atoms with E-state index in [0.29, 0.717) is 28.3 Å². The van der Waals surface area contributed by atoms with E-state index in [1.54, 1.807) is 24.9 Å². The maximum Gasteiger partial charge on any atom is 0.184 e. The van der Waals surface area contributed by atoms with Gasteiger partial charge < -0.3 is 9.40 Å². The van der Waals surface area contributed by atoms with Gasteiger partial charge in [0.05, 0.1) is 23.4 Å². The van der Waals surface area contributed by atoms with Gasteiger partial charge in [-0.15, -0.1) is 0 Å². The van der Waals surface area contributed by atoms with Crippen molar-refractivity contribution in [2.75, 3.05) is 13.1 Å². The molecule has 184 valence electrons. The van der Waals surface area contributed by atoms with E-state index in [4.69, 9.17) is 4.42 Å². The van der Waals surface area contributed by atoms with Gasteiger partial charge in [-0.25, -0.2) is 19.3 Å². The standard InChI is InChI=1S/C27H23FN8O/c28-22-20(18-10-16(11-29-12-18)14-36-7-2-1-3-8-36)13-31-25-21(22)24(34-35-25)27-32-23-19(17-5-9-37-15-17)4-6-30-26(23)33-27/h4-6,9-13,15H,1-3,7-8,14H2,(H,30,32,33)(H,31,34,35). The number of nitrogens with zero attached hydrogens (tertiary/aromatic N) is 6. The molecule has 0 radical (unpaired) electrons. The number of furan rings is 1. The Morgan fingerprint density at radius 1 is 0.973 bits per heavy atom. The van der Waals surface area contributed by atoms with Crippen LogP contribution in [-0.2, 0) is 6.54 Å². The van der Waals surface area contributed by atoms with E-state index < -0.39 is 5.82 Å². The molecule has 10 heteroatoms. The number of pyridine rings is 3. The Morgan fingerprint density at radius 3 is 2.76 bits per heavy atom. The average Bonchev–Trinajstić information content (AvgIpc) is 3.69. The molecule has 37 heavy (non-hydrogen) atoms. The maximum atomic E-state index is 16.1. The zero-order chi connectivity index (χ0) is 24.8. The number of fused-ring (bicyclic) bond motifs is 2. The van der Waals surface area contributed by atoms with Gasteiger partial charge in [-0.2, -0.15) is 5.10 Å². The van der Waals surface area contributed by atoms with Crippen LogP contribution in [0.25, 0.3) is 56.0 Å². The molecule has 6 aromatic heterocycles. The zero-order valence-corrected chi connectivity index (χ0v) is 19.9. The summed E-state index contributed by atoms with van der Waals surface area (Å²) in [5.74, 6) is 0.00455. The van der Waals surface area contributed by atoms with Gasteiger partial charge in [-0.1, -0.05) is 6.42 Å². The van der Waals surface area contributed by atoms with Crippen LogP contribution in [0.4, 0.5) is 4.39 Å². The molecule has 1 aliphatic heterocycles. The van der Waals surface area contributed by atoms with E-state index in [0.717, 1.165) is 41.8 Å². The third kappa shape index (κ3) is 3.86. The number of aromatic nitrogens is 7. The van der Waals surface area contributed by atoms with Crippen LogP contribution in [0.2, 0.25) is 0 Å². The Kier molecular flexibility index (Phi) is 5.24. The fraction of sp³-hybridized carbons (Fsp3) is 0.222. The fourth-order valence-electron chi connectivity index (χ4n) is 5.11. The minimum atomic E-state index is -0.422. The lowest BCUT2D eigenvalue weighted by Gasteiger charge is -2.26. The van der Waals surface area contributed by atoms with Crippen molar-refractivity contribution in [1.82, 2.24) is 40.0 Å². The van der Waals surface area contributed by atoms with Gasteiger partial charge in [0, 0.05) is 53.6 Å². The van der Waals surface area contributed by atoms with Gasteiger partial charge in [0.1, 0.15) is 11.5 Å². The van der Waals surface area contributed by atoms with E-state index in [-0.39, 0.29) is 11.0 Å². The van der Waals surface area contributed by atoms with Crippen molar-refractivity contribution in [3.05, 3.63) is 66.9 Å². The number of halogens is 1. The van der Waals surface area contributed by atoms with Gasteiger partial charge >= 0.3 is 0 Å². The molecule has 9 nitrogen and oxygen atoms in total. The Bertz CT molecular complexity index is 1720. The Labute approximate surface area is 210 Å². The molecule has 0 aliphatic carbocycles. The molecule has 0 amide bonds. The van der Waals surface area contributed by atoms with Crippen LogP contribution in [0.5, 0.6) is 0 Å². The minimum absolute atomic E-state index is 0.267. The lowest BCUT2D eigenvalue weighted by molar-refractivity contribution is 0.220. The average molecular weight is 495 g/mol. The first kappa shape index (κ1) is 21.8. The SMILES string of the molecule is Fc1c(-c2cncc(CN3CCCCC3)c2)cnc2n[nH]c(-c3nc4nccc(-c5ccoc5)c4[nH]3)c12. The molecule has 0 spiro atoms. The Balaban J connectivity index is 1.30. The first-order valence-electron chi connectivity index (χ1n) is 12.3. The predicted octanol–water partition coefficient (Wildman–Crippen LogP) is 5.34. The number of piperidine rings is 1. The van der Waals surface area contributed by atoms with E-state index in [9.17, 15) is 0 Å². The number of hydrogen-bond donors (Lipinski definition) is 2. The molecular weight excluding hydrogens is 471 g/mol. The van der Waals surface area contributed by atoms with Crippen LogP contribution in [0.15, 0.2) is 59.9 Å². The highest BCUT2D eigenvalue weighted by Crippen LogP contribution is 2.34. The summed E-state index contributed by atoms with van der Waals surface area (Å²) in [6.45, 7) is 2.97. The number of H-pyrrole nitrogens is 2. The van der Waals surface area contributed by atoms with Crippen molar-refractivity contribution in [2.24, 2.45) is 0 Å². The quantitative estimate of drug-likeness (QED) is 0.332. The van der Waals surface area contributed by atoms with Gasteiger partial charge in [-0.3, -0.25) is 15.0 Å². The second-order valence-corrected chi connectivity index (χ2v) is 9.36. The smallest absolute Gasteiger partial charge is 0.184 e. The molecule has 1 fully saturated rings. The van der Waals surface area contributed by atoms with Crippen LogP contribution in [0.1, 0.15) is 24.8 Å². The highest BCUT2D eigenvalue weighted by Gasteiger charge is 2.21. The lowest BCUT2D eigenvalue weighted by Crippen LogP contribution is -2.29. The molecule has 7 rings (SSSR count). The monoisotopic (exact) mass is 494 g/mol. The van der Waals surface area contributed by atoms with Gasteiger partial charge in [-0.05, 0) is 49.7 Å². The molecule has 7 heterocycles. The Morgan fingerprint density at radius 2 is 1.89 bits per heavy atom. The van der Waals surface area contributed by atoms with Crippen molar-refractivity contribution < 1.29 is 8.81 Å². The van der Waals surface area contributed by atoms with Crippen molar-refractivity contribution in [1.29, 1.82) is 0 Å². The first-order chi connectivity index (χ1) is 18.2. The van der Waals surface area contributed by atoms with Crippen LogP contribution in [-0.4, -0.2) is 53.1 Å². The molecule has 1 aliphatic rings. The van der Waals surface area contributed by atoms with Crippen LogP contribution >= 0.6 is 0 Å². The number of hydrogen-bond acceptors (Lipinski definition) is 7. The van der Waals surface area contributed by atoms with Gasteiger partial charge in [0.15, 0.2) is 17.1 Å². The third-order valence-corrected chi connectivity index (χ3v) is 6.94. The largest absolute Gasteiger partial charge is 0.472 e. The topological polar surface area (TPSA) is 112 Å². The molecule has 0 unspecified atom stereocenters. The zero-order valence-electron chi connectivity index (χ0n) is 19.9. The van der Waals surface area contributed by atoms with Crippen molar-refractivity contribution >= 4 is 22.2 Å². The molecular formula is C27H23FN8O. The number of nitrogens with one attached hydrogen (secondary N) is 2. The van der Waals surface area contributed by atoms with E-state index in [2.05, 4.69) is 40.0 Å². The minimum Gasteiger partial charge on any atom is -0.472 e. The summed E-state index contributed by atoms with van der Waals surface area (Å²) in [6.07, 6.45) is 13.7. The summed E-state index contributed by atoms with van der Waals surface area (Å²) in [7, 11) is 0. The lowest BCUT2D eigenvalue weighted by atomic mass is 10.0. The van der Waals surface area contributed by atoms with Crippen molar-refractivity contribution in [2.45, 2.75) is 25.8 Å². The van der Waals surface area contributed by atoms with Crippen LogP contribution < -0.4 is 0 Å². The second kappa shape index (κ2) is 8.90. The molecule has 0 saturated carbocycles. The van der Waals surface area contributed by atoms with Gasteiger partial charge in [0.25, 0.3) is 0 Å². The maximum absolute atomic E-state index is 16.1. The Hall–Kier alpha value is -4.44. The van der Waals surface area contributed by atoms with Crippen molar-refractivity contribution in [3.8, 4) is 33.8 Å². The molecule has 0 aromatic carbocycles. The molecule has 1 saturated heterocycles. The van der Waals surface area contributed by atoms with E-state index in [1.165, 1.54) is 25.5 Å². The summed E-state index contributed by atoms with van der Waals surface area (Å²) < 4.78 is 21.3. The number of aromatic amines is 2.